The van der Waals surface area contributed by atoms with Crippen LogP contribution in [0.2, 0.25) is 0 Å². The fourth-order valence-corrected chi connectivity index (χ4v) is 2.44. The maximum atomic E-state index is 12.5. The van der Waals surface area contributed by atoms with Crippen LogP contribution in [-0.2, 0) is 4.79 Å². The summed E-state index contributed by atoms with van der Waals surface area (Å²) in [7, 11) is 5.66. The average molecular weight is 427 g/mol. The van der Waals surface area contributed by atoms with Crippen LogP contribution in [0.1, 0.15) is 10.5 Å². The van der Waals surface area contributed by atoms with Gasteiger partial charge in [0.2, 0.25) is 0 Å². The van der Waals surface area contributed by atoms with Crippen LogP contribution in [0.25, 0.3) is 16.6 Å². The van der Waals surface area contributed by atoms with Gasteiger partial charge in [0.05, 0.1) is 10.9 Å². The number of rotatable bonds is 4. The fraction of sp³-hybridized carbons (Fsp3) is 0.333. The van der Waals surface area contributed by atoms with Gasteiger partial charge in [-0.1, -0.05) is 12.1 Å². The third-order valence-electron chi connectivity index (χ3n) is 4.02. The van der Waals surface area contributed by atoms with E-state index in [1.165, 1.54) is 0 Å². The molecule has 0 unspecified atom stereocenters. The third-order valence-corrected chi connectivity index (χ3v) is 4.02. The van der Waals surface area contributed by atoms with Crippen molar-refractivity contribution in [1.29, 1.82) is 0 Å². The zero-order valence-electron chi connectivity index (χ0n) is 16.4. The van der Waals surface area contributed by atoms with Gasteiger partial charge in [0.25, 0.3) is 11.5 Å². The minimum Gasteiger partial charge on any atom is -0.475 e. The Labute approximate surface area is 168 Å². The topological polar surface area (TPSA) is 111 Å². The molecule has 3 rings (SSSR count). The molecular formula is C18H20F3N5O4. The van der Waals surface area contributed by atoms with E-state index in [0.717, 1.165) is 6.54 Å². The number of carbonyl (C=O) groups excluding carboxylic acids is 1. The summed E-state index contributed by atoms with van der Waals surface area (Å²) in [6, 6.07) is 8.80. The lowest BCUT2D eigenvalue weighted by atomic mass is 10.2. The third kappa shape index (κ3) is 5.35. The van der Waals surface area contributed by atoms with Crippen LogP contribution in [0.4, 0.5) is 13.2 Å². The number of likely N-dealkylation sites (N-methyl/N-ethyl adjacent to an activating group) is 2. The summed E-state index contributed by atoms with van der Waals surface area (Å²) < 4.78 is 33.3. The summed E-state index contributed by atoms with van der Waals surface area (Å²) in [6.07, 6.45) is -5.08. The molecule has 2 N–H and O–H groups in total. The van der Waals surface area contributed by atoms with E-state index in [1.807, 2.05) is 31.1 Å². The SMILES string of the molecule is CN(C)CCN(C)C(=O)c1cc2[nH]c(=O)c3ccccc3n2n1.O=C(O)C(F)(F)F. The number of amides is 1. The van der Waals surface area contributed by atoms with Crippen molar-refractivity contribution >= 4 is 28.4 Å². The number of para-hydroxylation sites is 1. The highest BCUT2D eigenvalue weighted by Crippen LogP contribution is 2.14. The maximum absolute atomic E-state index is 12.5. The molecule has 12 heteroatoms. The number of fused-ring (bicyclic) bond motifs is 3. The second-order valence-corrected chi connectivity index (χ2v) is 6.63. The van der Waals surface area contributed by atoms with Crippen LogP contribution in [0.5, 0.6) is 0 Å². The minimum absolute atomic E-state index is 0.166. The van der Waals surface area contributed by atoms with Gasteiger partial charge < -0.3 is 19.9 Å². The number of aliphatic carboxylic acids is 1. The van der Waals surface area contributed by atoms with Crippen LogP contribution < -0.4 is 5.56 Å². The van der Waals surface area contributed by atoms with E-state index < -0.39 is 12.1 Å². The predicted octanol–water partition coefficient (Wildman–Crippen LogP) is 1.44. The van der Waals surface area contributed by atoms with Gasteiger partial charge >= 0.3 is 12.1 Å². The van der Waals surface area contributed by atoms with E-state index in [-0.39, 0.29) is 11.5 Å². The number of hydrogen-bond acceptors (Lipinski definition) is 5. The Hall–Kier alpha value is -3.41. The molecule has 0 spiro atoms. The molecule has 0 radical (unpaired) electrons. The Morgan fingerprint density at radius 3 is 2.33 bits per heavy atom. The van der Waals surface area contributed by atoms with Crippen LogP contribution >= 0.6 is 0 Å². The summed E-state index contributed by atoms with van der Waals surface area (Å²) in [5, 5.41) is 12.0. The number of alkyl halides is 3. The van der Waals surface area contributed by atoms with Gasteiger partial charge in [0.15, 0.2) is 5.69 Å². The molecule has 1 aromatic carbocycles. The largest absolute Gasteiger partial charge is 0.490 e. The van der Waals surface area contributed by atoms with Crippen molar-refractivity contribution in [1.82, 2.24) is 24.4 Å². The van der Waals surface area contributed by atoms with Crippen LogP contribution in [0.15, 0.2) is 35.1 Å². The highest BCUT2D eigenvalue weighted by molar-refractivity contribution is 5.93. The van der Waals surface area contributed by atoms with E-state index >= 15 is 0 Å². The first-order valence-corrected chi connectivity index (χ1v) is 8.63. The molecule has 0 aliphatic rings. The number of H-pyrrole nitrogens is 1. The number of nitrogens with zero attached hydrogens (tertiary/aromatic N) is 4. The summed E-state index contributed by atoms with van der Waals surface area (Å²) >= 11 is 0. The van der Waals surface area contributed by atoms with Crippen molar-refractivity contribution in [3.8, 4) is 0 Å². The van der Waals surface area contributed by atoms with E-state index in [1.54, 1.807) is 34.7 Å². The molecule has 0 aliphatic heterocycles. The molecule has 2 aromatic heterocycles. The lowest BCUT2D eigenvalue weighted by Gasteiger charge is -2.18. The number of benzene rings is 1. The quantitative estimate of drug-likeness (QED) is 0.652. The molecule has 0 bridgehead atoms. The summed E-state index contributed by atoms with van der Waals surface area (Å²) in [4.78, 5) is 39.9. The average Bonchev–Trinajstić information content (AvgIpc) is 3.09. The van der Waals surface area contributed by atoms with Gasteiger partial charge in [-0.15, -0.1) is 0 Å². The van der Waals surface area contributed by atoms with Gasteiger partial charge in [-0.25, -0.2) is 9.31 Å². The molecule has 0 aliphatic carbocycles. The number of aromatic nitrogens is 3. The number of halogens is 3. The summed E-state index contributed by atoms with van der Waals surface area (Å²) in [5.41, 5.74) is 1.32. The van der Waals surface area contributed by atoms with Crippen molar-refractivity contribution in [3.63, 3.8) is 0 Å². The lowest BCUT2D eigenvalue weighted by molar-refractivity contribution is -0.192. The highest BCUT2D eigenvalue weighted by atomic mass is 19.4. The molecule has 2 heterocycles. The van der Waals surface area contributed by atoms with Crippen molar-refractivity contribution < 1.29 is 27.9 Å². The lowest BCUT2D eigenvalue weighted by Crippen LogP contribution is -2.33. The van der Waals surface area contributed by atoms with E-state index in [0.29, 0.717) is 28.8 Å². The maximum Gasteiger partial charge on any atom is 0.490 e. The second-order valence-electron chi connectivity index (χ2n) is 6.63. The normalized spacial score (nSPS) is 11.4. The number of carbonyl (C=O) groups is 2. The zero-order chi connectivity index (χ0) is 22.6. The van der Waals surface area contributed by atoms with Gasteiger partial charge in [-0.2, -0.15) is 18.3 Å². The predicted molar refractivity (Wildman–Crippen MR) is 103 cm³/mol. The standard InChI is InChI=1S/C16H19N5O2.C2HF3O2/c1-19(2)8-9-20(3)16(23)12-10-14-17-15(22)11-6-4-5-7-13(11)21(14)18-12;3-2(4,5)1(6)7/h4-7,10H,8-9H2,1-3H3,(H,17,22);(H,6,7). The van der Waals surface area contributed by atoms with Crippen molar-refractivity contribution in [2.75, 3.05) is 34.2 Å². The van der Waals surface area contributed by atoms with Crippen molar-refractivity contribution in [2.24, 2.45) is 0 Å². The van der Waals surface area contributed by atoms with Crippen molar-refractivity contribution in [3.05, 3.63) is 46.4 Å². The van der Waals surface area contributed by atoms with Crippen LogP contribution in [0.3, 0.4) is 0 Å². The van der Waals surface area contributed by atoms with Gasteiger partial charge in [0.1, 0.15) is 5.65 Å². The zero-order valence-corrected chi connectivity index (χ0v) is 16.4. The Bertz CT molecular complexity index is 1120. The Kier molecular flexibility index (Phi) is 6.82. The van der Waals surface area contributed by atoms with Crippen LogP contribution in [-0.4, -0.2) is 81.8 Å². The number of nitrogens with one attached hydrogen (secondary N) is 1. The molecule has 1 amide bonds. The number of hydrogen-bond donors (Lipinski definition) is 2. The number of aromatic amines is 1. The number of carboxylic acids is 1. The Balaban J connectivity index is 0.000000396. The molecule has 3 aromatic rings. The van der Waals surface area contributed by atoms with Gasteiger partial charge in [-0.05, 0) is 26.2 Å². The molecule has 0 atom stereocenters. The summed E-state index contributed by atoms with van der Waals surface area (Å²) in [5.74, 6) is -2.92. The first kappa shape index (κ1) is 22.9. The molecule has 30 heavy (non-hydrogen) atoms. The first-order valence-electron chi connectivity index (χ1n) is 8.63. The smallest absolute Gasteiger partial charge is 0.475 e. The molecular weight excluding hydrogens is 407 g/mol. The van der Waals surface area contributed by atoms with Crippen molar-refractivity contribution in [2.45, 2.75) is 6.18 Å². The minimum atomic E-state index is -5.08. The summed E-state index contributed by atoms with van der Waals surface area (Å²) in [6.45, 7) is 1.38. The van der Waals surface area contributed by atoms with E-state index in [2.05, 4.69) is 10.1 Å². The molecule has 0 saturated heterocycles. The highest BCUT2D eigenvalue weighted by Gasteiger charge is 2.38. The Morgan fingerprint density at radius 2 is 1.77 bits per heavy atom. The molecule has 0 saturated carbocycles. The Morgan fingerprint density at radius 1 is 1.17 bits per heavy atom. The van der Waals surface area contributed by atoms with Crippen LogP contribution in [0, 0.1) is 0 Å². The van der Waals surface area contributed by atoms with E-state index in [9.17, 15) is 22.8 Å². The monoisotopic (exact) mass is 427 g/mol. The number of carboxylic acid groups (broad SMARTS) is 1. The second kappa shape index (κ2) is 8.95. The molecule has 162 valence electrons. The van der Waals surface area contributed by atoms with E-state index in [4.69, 9.17) is 9.90 Å². The first-order chi connectivity index (χ1) is 13.9. The molecule has 0 fully saturated rings. The van der Waals surface area contributed by atoms with Gasteiger partial charge in [-0.3, -0.25) is 9.59 Å². The molecule has 9 nitrogen and oxygen atoms in total. The fourth-order valence-electron chi connectivity index (χ4n) is 2.44. The van der Waals surface area contributed by atoms with Gasteiger partial charge in [0, 0.05) is 26.2 Å².